The molecule has 9 heteroatoms. The molecule has 3 aromatic heterocycles. The number of ether oxygens (including phenoxy) is 1. The first kappa shape index (κ1) is 19.4. The summed E-state index contributed by atoms with van der Waals surface area (Å²) in [6.07, 6.45) is 1.52. The zero-order chi connectivity index (χ0) is 20.3. The van der Waals surface area contributed by atoms with Gasteiger partial charge in [0.2, 0.25) is 0 Å². The maximum absolute atomic E-state index is 11.8. The Morgan fingerprint density at radius 2 is 1.97 bits per heavy atom. The average Bonchev–Trinajstić information content (AvgIpc) is 3.19. The Labute approximate surface area is 181 Å². The molecular weight excluding hydrogens is 418 g/mol. The number of nitrogens with one attached hydrogen (secondary N) is 2. The van der Waals surface area contributed by atoms with E-state index in [-0.39, 0.29) is 5.56 Å². The predicted molar refractivity (Wildman–Crippen MR) is 117 cm³/mol. The van der Waals surface area contributed by atoms with Crippen molar-refractivity contribution in [3.63, 3.8) is 0 Å². The molecule has 5 rings (SSSR count). The molecule has 0 unspecified atom stereocenters. The highest BCUT2D eigenvalue weighted by Crippen LogP contribution is 2.39. The lowest BCUT2D eigenvalue weighted by Crippen LogP contribution is -3.12. The first-order valence-electron chi connectivity index (χ1n) is 9.74. The van der Waals surface area contributed by atoms with Crippen LogP contribution in [-0.2, 0) is 11.3 Å². The van der Waals surface area contributed by atoms with Crippen LogP contribution in [0, 0.1) is 0 Å². The molecule has 1 aliphatic rings. The number of thiophene rings is 1. The van der Waals surface area contributed by atoms with Crippen molar-refractivity contribution in [1.29, 1.82) is 0 Å². The zero-order valence-corrected chi connectivity index (χ0v) is 17.8. The van der Waals surface area contributed by atoms with Crippen LogP contribution in [0.1, 0.15) is 5.82 Å². The number of aromatic nitrogens is 4. The number of fused-ring (bicyclic) bond motifs is 1. The molecule has 1 saturated heterocycles. The summed E-state index contributed by atoms with van der Waals surface area (Å²) in [5, 5.41) is 4.48. The molecular formula is C21H20N5O2S2+. The van der Waals surface area contributed by atoms with Gasteiger partial charge in [-0.15, -0.1) is 11.3 Å². The molecule has 0 saturated carbocycles. The van der Waals surface area contributed by atoms with Gasteiger partial charge < -0.3 is 14.6 Å². The van der Waals surface area contributed by atoms with E-state index in [1.807, 2.05) is 18.2 Å². The Morgan fingerprint density at radius 3 is 2.77 bits per heavy atom. The number of rotatable bonds is 5. The highest BCUT2D eigenvalue weighted by Gasteiger charge is 2.21. The van der Waals surface area contributed by atoms with E-state index in [1.165, 1.54) is 28.9 Å². The molecule has 7 nitrogen and oxygen atoms in total. The number of aromatic amines is 1. The standard InChI is InChI=1S/C21H19N5O2S2/c27-17-6-7-22-21(25-17)30-20-18-15(14-4-2-1-3-5-14)13-29-19(18)23-16(24-20)12-26-8-10-28-11-9-26/h1-7,13H,8-12H2,(H,22,25,27)/p+1. The van der Waals surface area contributed by atoms with E-state index in [1.54, 1.807) is 11.3 Å². The van der Waals surface area contributed by atoms with E-state index in [4.69, 9.17) is 14.7 Å². The Morgan fingerprint density at radius 1 is 1.13 bits per heavy atom. The topological polar surface area (TPSA) is 85.2 Å². The summed E-state index contributed by atoms with van der Waals surface area (Å²) < 4.78 is 5.47. The van der Waals surface area contributed by atoms with Gasteiger partial charge in [-0.05, 0) is 17.3 Å². The van der Waals surface area contributed by atoms with Gasteiger partial charge in [-0.25, -0.2) is 15.0 Å². The highest BCUT2D eigenvalue weighted by molar-refractivity contribution is 7.99. The molecule has 0 aliphatic carbocycles. The molecule has 1 aliphatic heterocycles. The monoisotopic (exact) mass is 438 g/mol. The summed E-state index contributed by atoms with van der Waals surface area (Å²) in [5.41, 5.74) is 2.04. The third kappa shape index (κ3) is 4.15. The van der Waals surface area contributed by atoms with Crippen molar-refractivity contribution in [3.05, 3.63) is 64.2 Å². The van der Waals surface area contributed by atoms with Gasteiger partial charge >= 0.3 is 0 Å². The number of hydrogen-bond donors (Lipinski definition) is 2. The minimum absolute atomic E-state index is 0.176. The van der Waals surface area contributed by atoms with E-state index in [0.29, 0.717) is 5.16 Å². The first-order chi connectivity index (χ1) is 14.8. The highest BCUT2D eigenvalue weighted by atomic mass is 32.2. The second kappa shape index (κ2) is 8.65. The molecule has 1 fully saturated rings. The van der Waals surface area contributed by atoms with Crippen LogP contribution in [0.5, 0.6) is 0 Å². The number of quaternary nitrogens is 1. The molecule has 2 N–H and O–H groups in total. The van der Waals surface area contributed by atoms with Crippen molar-refractivity contribution in [2.75, 3.05) is 26.3 Å². The second-order valence-electron chi connectivity index (χ2n) is 7.02. The quantitative estimate of drug-likeness (QED) is 0.366. The normalized spacial score (nSPS) is 14.9. The minimum atomic E-state index is -0.176. The molecule has 30 heavy (non-hydrogen) atoms. The van der Waals surface area contributed by atoms with Gasteiger partial charge in [0.15, 0.2) is 11.0 Å². The van der Waals surface area contributed by atoms with E-state index >= 15 is 0 Å². The number of H-pyrrole nitrogens is 1. The fraction of sp³-hybridized carbons (Fsp3) is 0.238. The van der Waals surface area contributed by atoms with Gasteiger partial charge in [0.05, 0.1) is 18.6 Å². The van der Waals surface area contributed by atoms with Crippen LogP contribution in [0.25, 0.3) is 21.3 Å². The summed E-state index contributed by atoms with van der Waals surface area (Å²) in [6.45, 7) is 4.20. The third-order valence-corrected chi connectivity index (χ3v) is 6.74. The third-order valence-electron chi connectivity index (χ3n) is 4.98. The van der Waals surface area contributed by atoms with E-state index < -0.39 is 0 Å². The molecule has 1 aromatic carbocycles. The Kier molecular flexibility index (Phi) is 5.58. The van der Waals surface area contributed by atoms with Crippen molar-refractivity contribution >= 4 is 33.3 Å². The minimum Gasteiger partial charge on any atom is -0.370 e. The lowest BCUT2D eigenvalue weighted by atomic mass is 10.1. The lowest BCUT2D eigenvalue weighted by Gasteiger charge is -2.23. The van der Waals surface area contributed by atoms with Crippen molar-refractivity contribution in [2.24, 2.45) is 0 Å². The maximum Gasteiger partial charge on any atom is 0.251 e. The van der Waals surface area contributed by atoms with Gasteiger partial charge in [-0.3, -0.25) is 4.79 Å². The van der Waals surface area contributed by atoms with Crippen LogP contribution in [0.15, 0.2) is 63.0 Å². The van der Waals surface area contributed by atoms with Crippen LogP contribution >= 0.6 is 23.1 Å². The van der Waals surface area contributed by atoms with E-state index in [2.05, 4.69) is 27.5 Å². The molecule has 4 aromatic rings. The SMILES string of the molecule is O=c1ccnc(Sc2nc(C[NH+]3CCOCC3)nc3scc(-c4ccccc4)c23)[nH]1. The second-order valence-corrected chi connectivity index (χ2v) is 8.86. The van der Waals surface area contributed by atoms with Gasteiger partial charge in [0, 0.05) is 23.2 Å². The van der Waals surface area contributed by atoms with Crippen molar-refractivity contribution in [1.82, 2.24) is 19.9 Å². The molecule has 152 valence electrons. The molecule has 0 amide bonds. The Bertz CT molecular complexity index is 1220. The summed E-state index contributed by atoms with van der Waals surface area (Å²) in [6, 6.07) is 11.6. The van der Waals surface area contributed by atoms with E-state index in [0.717, 1.165) is 65.0 Å². The van der Waals surface area contributed by atoms with Crippen LogP contribution in [0.4, 0.5) is 0 Å². The number of benzene rings is 1. The lowest BCUT2D eigenvalue weighted by molar-refractivity contribution is -0.922. The van der Waals surface area contributed by atoms with Gasteiger partial charge in [-0.2, -0.15) is 0 Å². The maximum atomic E-state index is 11.8. The van der Waals surface area contributed by atoms with Crippen LogP contribution in [0.2, 0.25) is 0 Å². The van der Waals surface area contributed by atoms with Crippen molar-refractivity contribution in [3.8, 4) is 11.1 Å². The van der Waals surface area contributed by atoms with Gasteiger partial charge in [-0.1, -0.05) is 30.3 Å². The molecule has 0 spiro atoms. The smallest absolute Gasteiger partial charge is 0.251 e. The molecule has 4 heterocycles. The van der Waals surface area contributed by atoms with Crippen LogP contribution in [-0.4, -0.2) is 46.2 Å². The summed E-state index contributed by atoms with van der Waals surface area (Å²) in [7, 11) is 0. The zero-order valence-electron chi connectivity index (χ0n) is 16.1. The summed E-state index contributed by atoms with van der Waals surface area (Å²) in [5.74, 6) is 0.807. The van der Waals surface area contributed by atoms with Crippen LogP contribution in [0.3, 0.4) is 0 Å². The fourth-order valence-electron chi connectivity index (χ4n) is 3.49. The summed E-state index contributed by atoms with van der Waals surface area (Å²) in [4.78, 5) is 31.0. The van der Waals surface area contributed by atoms with Gasteiger partial charge in [0.25, 0.3) is 5.56 Å². The molecule has 0 bridgehead atoms. The van der Waals surface area contributed by atoms with Crippen LogP contribution < -0.4 is 10.5 Å². The fourth-order valence-corrected chi connectivity index (χ4v) is 5.43. The Balaban J connectivity index is 1.60. The molecule has 0 radical (unpaired) electrons. The number of nitrogens with zero attached hydrogens (tertiary/aromatic N) is 3. The molecule has 0 atom stereocenters. The summed E-state index contributed by atoms with van der Waals surface area (Å²) >= 11 is 3.00. The van der Waals surface area contributed by atoms with Gasteiger partial charge in [0.1, 0.15) is 29.5 Å². The Hall–Kier alpha value is -2.59. The largest absolute Gasteiger partial charge is 0.370 e. The number of morpholine rings is 1. The number of hydrogen-bond acceptors (Lipinski definition) is 7. The average molecular weight is 439 g/mol. The van der Waals surface area contributed by atoms with Crippen molar-refractivity contribution in [2.45, 2.75) is 16.7 Å². The first-order valence-corrected chi connectivity index (χ1v) is 11.4. The van der Waals surface area contributed by atoms with Crippen molar-refractivity contribution < 1.29 is 9.64 Å². The predicted octanol–water partition coefficient (Wildman–Crippen LogP) is 2.01. The van der Waals surface area contributed by atoms with E-state index in [9.17, 15) is 4.79 Å².